The number of amides is 2. The Hall–Kier alpha value is -2.36. The van der Waals surface area contributed by atoms with Crippen LogP contribution in [0.5, 0.6) is 0 Å². The van der Waals surface area contributed by atoms with Crippen molar-refractivity contribution in [1.29, 1.82) is 0 Å². The molecule has 0 saturated carbocycles. The van der Waals surface area contributed by atoms with Gasteiger partial charge in [0.2, 0.25) is 5.91 Å². The van der Waals surface area contributed by atoms with Crippen LogP contribution in [-0.4, -0.2) is 27.1 Å². The van der Waals surface area contributed by atoms with Crippen LogP contribution >= 0.6 is 34.7 Å². The Morgan fingerprint density at radius 3 is 2.76 bits per heavy atom. The molecule has 0 bridgehead atoms. The molecular weight excluding hydrogens is 432 g/mol. The van der Waals surface area contributed by atoms with Gasteiger partial charge >= 0.3 is 0 Å². The Bertz CT molecular complexity index is 1100. The fourth-order valence-corrected chi connectivity index (χ4v) is 4.17. The van der Waals surface area contributed by atoms with Crippen LogP contribution in [0.2, 0.25) is 5.02 Å². The molecule has 0 atom stereocenters. The van der Waals surface area contributed by atoms with E-state index in [9.17, 15) is 14.4 Å². The molecule has 10 heteroatoms. The number of benzene rings is 1. The number of carbonyl (C=O) groups excluding carboxylic acids is 2. The van der Waals surface area contributed by atoms with Crippen molar-refractivity contribution < 1.29 is 9.59 Å². The van der Waals surface area contributed by atoms with Crippen molar-refractivity contribution in [2.45, 2.75) is 25.5 Å². The molecule has 0 aliphatic rings. The molecule has 7 nitrogen and oxygen atoms in total. The molecule has 0 fully saturated rings. The first kappa shape index (κ1) is 21.4. The Labute approximate surface area is 180 Å². The lowest BCUT2D eigenvalue weighted by atomic mass is 10.2. The van der Waals surface area contributed by atoms with Crippen molar-refractivity contribution in [2.24, 2.45) is 5.92 Å². The zero-order chi connectivity index (χ0) is 21.0. The first-order valence-electron chi connectivity index (χ1n) is 8.80. The average Bonchev–Trinajstić information content (AvgIpc) is 3.22. The largest absolute Gasteiger partial charge is 0.287 e. The van der Waals surface area contributed by atoms with Crippen LogP contribution < -0.4 is 16.4 Å². The number of nitrogens with zero attached hydrogens (tertiary/aromatic N) is 2. The number of thiophene rings is 1. The standard InChI is InChI=1S/C19H19ClN4O3S2/c1-11(2)9-24-18(27)13-8-12(20)5-6-14(13)21-19(24)29-10-16(25)22-23-17(26)15-4-3-7-28-15/h3-8,11H,9-10H2,1-2H3,(H,22,25)(H,23,26). The molecule has 2 heterocycles. The molecule has 3 aromatic rings. The molecule has 0 unspecified atom stereocenters. The third kappa shape index (κ3) is 5.37. The number of nitrogens with one attached hydrogen (secondary N) is 2. The van der Waals surface area contributed by atoms with Gasteiger partial charge in [0, 0.05) is 11.6 Å². The van der Waals surface area contributed by atoms with Gasteiger partial charge in [0.15, 0.2) is 5.16 Å². The predicted molar refractivity (Wildman–Crippen MR) is 117 cm³/mol. The van der Waals surface area contributed by atoms with E-state index in [4.69, 9.17) is 11.6 Å². The Morgan fingerprint density at radius 2 is 2.07 bits per heavy atom. The second-order valence-corrected chi connectivity index (χ2v) is 8.96. The van der Waals surface area contributed by atoms with Crippen LogP contribution in [0.1, 0.15) is 23.5 Å². The minimum atomic E-state index is -0.401. The highest BCUT2D eigenvalue weighted by Crippen LogP contribution is 2.21. The summed E-state index contributed by atoms with van der Waals surface area (Å²) in [4.78, 5) is 42.0. The maximum absolute atomic E-state index is 12.9. The van der Waals surface area contributed by atoms with Crippen molar-refractivity contribution >= 4 is 57.4 Å². The van der Waals surface area contributed by atoms with Gasteiger partial charge in [-0.25, -0.2) is 4.98 Å². The number of halogens is 1. The number of hydrogen-bond acceptors (Lipinski definition) is 6. The number of thioether (sulfide) groups is 1. The molecule has 29 heavy (non-hydrogen) atoms. The van der Waals surface area contributed by atoms with E-state index < -0.39 is 5.91 Å². The molecule has 0 aliphatic carbocycles. The van der Waals surface area contributed by atoms with E-state index in [0.29, 0.717) is 32.5 Å². The lowest BCUT2D eigenvalue weighted by molar-refractivity contribution is -0.119. The Morgan fingerprint density at radius 1 is 1.28 bits per heavy atom. The summed E-state index contributed by atoms with van der Waals surface area (Å²) < 4.78 is 1.56. The summed E-state index contributed by atoms with van der Waals surface area (Å²) in [5.41, 5.74) is 5.07. The minimum absolute atomic E-state index is 0.00560. The zero-order valence-electron chi connectivity index (χ0n) is 15.8. The van der Waals surface area contributed by atoms with E-state index >= 15 is 0 Å². The van der Waals surface area contributed by atoms with E-state index in [0.717, 1.165) is 11.8 Å². The average molecular weight is 451 g/mol. The van der Waals surface area contributed by atoms with Crippen LogP contribution in [0.3, 0.4) is 0 Å². The smallest absolute Gasteiger partial charge is 0.279 e. The fourth-order valence-electron chi connectivity index (χ4n) is 2.57. The fraction of sp³-hybridized carbons (Fsp3) is 0.263. The van der Waals surface area contributed by atoms with Gasteiger partial charge in [0.1, 0.15) is 0 Å². The molecule has 0 aliphatic heterocycles. The number of carbonyl (C=O) groups is 2. The van der Waals surface area contributed by atoms with Crippen LogP contribution in [0.15, 0.2) is 45.7 Å². The number of rotatable bonds is 6. The van der Waals surface area contributed by atoms with Crippen LogP contribution in [0.4, 0.5) is 0 Å². The number of fused-ring (bicyclic) bond motifs is 1. The lowest BCUT2D eigenvalue weighted by Gasteiger charge is -2.15. The first-order valence-corrected chi connectivity index (χ1v) is 11.0. The van der Waals surface area contributed by atoms with Gasteiger partial charge in [0.25, 0.3) is 11.5 Å². The monoisotopic (exact) mass is 450 g/mol. The molecular formula is C19H19ClN4O3S2. The summed E-state index contributed by atoms with van der Waals surface area (Å²) in [6, 6.07) is 8.37. The van der Waals surface area contributed by atoms with Crippen LogP contribution in [0.25, 0.3) is 10.9 Å². The zero-order valence-corrected chi connectivity index (χ0v) is 18.2. The molecule has 152 valence electrons. The molecule has 2 aromatic heterocycles. The predicted octanol–water partition coefficient (Wildman–Crippen LogP) is 3.32. The molecule has 0 saturated heterocycles. The van der Waals surface area contributed by atoms with Crippen molar-refractivity contribution in [1.82, 2.24) is 20.4 Å². The molecule has 2 N–H and O–H groups in total. The highest BCUT2D eigenvalue weighted by Gasteiger charge is 2.15. The first-order chi connectivity index (χ1) is 13.8. The van der Waals surface area contributed by atoms with Crippen molar-refractivity contribution in [3.05, 3.63) is 56.0 Å². The third-order valence-electron chi connectivity index (χ3n) is 3.82. The second kappa shape index (κ2) is 9.43. The number of hydrogen-bond donors (Lipinski definition) is 2. The van der Waals surface area contributed by atoms with Gasteiger partial charge in [-0.1, -0.05) is 43.3 Å². The SMILES string of the molecule is CC(C)Cn1c(SCC(=O)NNC(=O)c2cccs2)nc2ccc(Cl)cc2c1=O. The van der Waals surface area contributed by atoms with Crippen LogP contribution in [0, 0.1) is 5.92 Å². The normalized spacial score (nSPS) is 11.0. The molecule has 2 amide bonds. The molecule has 3 rings (SSSR count). The van der Waals surface area contributed by atoms with Crippen molar-refractivity contribution in [2.75, 3.05) is 5.75 Å². The van der Waals surface area contributed by atoms with Gasteiger partial charge in [0.05, 0.1) is 21.5 Å². The summed E-state index contributed by atoms with van der Waals surface area (Å²) in [6.45, 7) is 4.46. The minimum Gasteiger partial charge on any atom is -0.287 e. The van der Waals surface area contributed by atoms with E-state index in [1.165, 1.54) is 11.3 Å². The summed E-state index contributed by atoms with van der Waals surface area (Å²) in [5.74, 6) is -0.574. The highest BCUT2D eigenvalue weighted by molar-refractivity contribution is 7.99. The van der Waals surface area contributed by atoms with Gasteiger partial charge in [-0.15, -0.1) is 11.3 Å². The van der Waals surface area contributed by atoms with Gasteiger partial charge in [-0.05, 0) is 35.6 Å². The number of aromatic nitrogens is 2. The summed E-state index contributed by atoms with van der Waals surface area (Å²) in [6.07, 6.45) is 0. The van der Waals surface area contributed by atoms with E-state index in [-0.39, 0.29) is 23.1 Å². The van der Waals surface area contributed by atoms with E-state index in [1.54, 1.807) is 40.3 Å². The Kier molecular flexibility index (Phi) is 6.94. The van der Waals surface area contributed by atoms with Crippen LogP contribution in [-0.2, 0) is 11.3 Å². The van der Waals surface area contributed by atoms with Gasteiger partial charge in [-0.2, -0.15) is 0 Å². The van der Waals surface area contributed by atoms with Crippen molar-refractivity contribution in [3.8, 4) is 0 Å². The van der Waals surface area contributed by atoms with E-state index in [1.807, 2.05) is 13.8 Å². The molecule has 1 aromatic carbocycles. The lowest BCUT2D eigenvalue weighted by Crippen LogP contribution is -2.42. The van der Waals surface area contributed by atoms with E-state index in [2.05, 4.69) is 15.8 Å². The van der Waals surface area contributed by atoms with Gasteiger partial charge < -0.3 is 0 Å². The Balaban J connectivity index is 1.74. The maximum Gasteiger partial charge on any atom is 0.279 e. The molecule has 0 radical (unpaired) electrons. The summed E-state index contributed by atoms with van der Waals surface area (Å²) in [7, 11) is 0. The number of hydrazine groups is 1. The quantitative estimate of drug-likeness (QED) is 0.341. The maximum atomic E-state index is 12.9. The summed E-state index contributed by atoms with van der Waals surface area (Å²) in [5, 5.41) is 3.13. The van der Waals surface area contributed by atoms with Gasteiger partial charge in [-0.3, -0.25) is 29.8 Å². The molecule has 0 spiro atoms. The topological polar surface area (TPSA) is 93.1 Å². The second-order valence-electron chi connectivity index (χ2n) is 6.63. The summed E-state index contributed by atoms with van der Waals surface area (Å²) >= 11 is 8.44. The third-order valence-corrected chi connectivity index (χ3v) is 5.90. The van der Waals surface area contributed by atoms with Crippen molar-refractivity contribution in [3.63, 3.8) is 0 Å². The highest BCUT2D eigenvalue weighted by atomic mass is 35.5.